The zero-order chi connectivity index (χ0) is 33.1. The number of amides is 2. The minimum absolute atomic E-state index is 0.0923. The van der Waals surface area contributed by atoms with E-state index in [9.17, 15) is 20.0 Å². The van der Waals surface area contributed by atoms with Crippen LogP contribution in [0.2, 0.25) is 5.02 Å². The second-order valence-corrected chi connectivity index (χ2v) is 12.3. The number of aliphatic hydroxyl groups is 1. The van der Waals surface area contributed by atoms with E-state index in [1.54, 1.807) is 0 Å². The second-order valence-electron chi connectivity index (χ2n) is 11.9. The molecule has 0 radical (unpaired) electrons. The lowest BCUT2D eigenvalue weighted by Gasteiger charge is -2.44. The van der Waals surface area contributed by atoms with E-state index in [0.29, 0.717) is 68.9 Å². The number of hydrogen-bond donors (Lipinski definition) is 3. The van der Waals surface area contributed by atoms with Crippen LogP contribution in [-0.4, -0.2) is 55.8 Å². The fraction of sp³-hybridized carbons (Fsp3) is 0.432. The molecule has 0 spiro atoms. The van der Waals surface area contributed by atoms with Crippen molar-refractivity contribution < 1.29 is 19.4 Å². The molecule has 2 amide bonds. The van der Waals surface area contributed by atoms with Gasteiger partial charge in [-0.25, -0.2) is 4.79 Å². The van der Waals surface area contributed by atoms with E-state index in [-0.39, 0.29) is 11.8 Å². The van der Waals surface area contributed by atoms with Crippen molar-refractivity contribution in [3.05, 3.63) is 93.5 Å². The summed E-state index contributed by atoms with van der Waals surface area (Å²) < 4.78 is 4.74. The summed E-state index contributed by atoms with van der Waals surface area (Å²) in [5.74, 6) is -0.383. The molecule has 1 aliphatic rings. The normalized spacial score (nSPS) is 15.9. The fourth-order valence-corrected chi connectivity index (χ4v) is 6.88. The third-order valence-electron chi connectivity index (χ3n) is 8.96. The first-order valence-electron chi connectivity index (χ1n) is 16.1. The van der Waals surface area contributed by atoms with Gasteiger partial charge in [-0.05, 0) is 85.5 Å². The maximum Gasteiger partial charge on any atom is 0.406 e. The maximum atomic E-state index is 14.1. The van der Waals surface area contributed by atoms with E-state index in [2.05, 4.69) is 35.8 Å². The second kappa shape index (κ2) is 16.6. The van der Waals surface area contributed by atoms with E-state index in [4.69, 9.17) is 16.3 Å². The number of aryl methyl sites for hydroxylation is 2. The zero-order valence-electron chi connectivity index (χ0n) is 27.1. The van der Waals surface area contributed by atoms with Gasteiger partial charge < -0.3 is 25.4 Å². The number of likely N-dealkylation sites (tertiary alicyclic amines) is 1. The Labute approximate surface area is 277 Å². The van der Waals surface area contributed by atoms with Gasteiger partial charge in [0.15, 0.2) is 0 Å². The van der Waals surface area contributed by atoms with Crippen LogP contribution in [0.5, 0.6) is 0 Å². The van der Waals surface area contributed by atoms with E-state index >= 15 is 0 Å². The van der Waals surface area contributed by atoms with Gasteiger partial charge in [-0.15, -0.1) is 0 Å². The van der Waals surface area contributed by atoms with Gasteiger partial charge in [-0.1, -0.05) is 67.1 Å². The van der Waals surface area contributed by atoms with Gasteiger partial charge in [0.05, 0.1) is 18.8 Å². The highest BCUT2D eigenvalue weighted by atomic mass is 35.5. The monoisotopic (exact) mass is 644 g/mol. The molecule has 3 aromatic carbocycles. The van der Waals surface area contributed by atoms with E-state index in [1.165, 1.54) is 7.11 Å². The first-order chi connectivity index (χ1) is 22.2. The smallest absolute Gasteiger partial charge is 0.406 e. The third kappa shape index (κ3) is 8.27. The van der Waals surface area contributed by atoms with Crippen LogP contribution in [0.4, 0.5) is 4.79 Å². The number of nitriles is 1. The molecule has 0 aliphatic carbocycles. The number of methoxy groups -OCH3 is 1. The highest BCUT2D eigenvalue weighted by Gasteiger charge is 2.43. The average Bonchev–Trinajstić information content (AvgIpc) is 3.08. The molecule has 1 unspecified atom stereocenters. The summed E-state index contributed by atoms with van der Waals surface area (Å²) in [6.07, 6.45) is 3.43. The van der Waals surface area contributed by atoms with Gasteiger partial charge in [0, 0.05) is 54.7 Å². The minimum atomic E-state index is -1.35. The largest absolute Gasteiger partial charge is 0.453 e. The fourth-order valence-electron chi connectivity index (χ4n) is 6.59. The molecule has 46 heavy (non-hydrogen) atoms. The Morgan fingerprint density at radius 2 is 1.96 bits per heavy atom. The van der Waals surface area contributed by atoms with Crippen LogP contribution >= 0.6 is 11.6 Å². The Kier molecular flexibility index (Phi) is 12.6. The molecular formula is C37H45ClN4O4. The van der Waals surface area contributed by atoms with Gasteiger partial charge in [0.1, 0.15) is 0 Å². The Balaban J connectivity index is 1.72. The lowest BCUT2D eigenvalue weighted by Crippen LogP contribution is -2.48. The number of alkyl carbamates (subject to hydrolysis) is 1. The van der Waals surface area contributed by atoms with Crippen LogP contribution in [0, 0.1) is 17.2 Å². The van der Waals surface area contributed by atoms with Crippen LogP contribution in [-0.2, 0) is 29.7 Å². The number of nitrogens with one attached hydrogen (secondary N) is 2. The van der Waals surface area contributed by atoms with Crippen LogP contribution in [0.1, 0.15) is 71.6 Å². The number of hydrogen-bond acceptors (Lipinski definition) is 6. The van der Waals surface area contributed by atoms with E-state index in [1.807, 2.05) is 60.5 Å². The van der Waals surface area contributed by atoms with Crippen molar-refractivity contribution in [1.29, 1.82) is 5.26 Å². The molecule has 0 saturated carbocycles. The number of halogens is 1. The predicted octanol–water partition coefficient (Wildman–Crippen LogP) is 6.62. The van der Waals surface area contributed by atoms with Crippen LogP contribution < -0.4 is 10.6 Å². The van der Waals surface area contributed by atoms with Crippen LogP contribution in [0.15, 0.2) is 60.7 Å². The molecular weight excluding hydrogens is 600 g/mol. The van der Waals surface area contributed by atoms with Gasteiger partial charge in [-0.3, -0.25) is 4.79 Å². The molecule has 3 N–H and O–H groups in total. The number of carbonyl (C=O) groups excluding carboxylic acids is 2. The van der Waals surface area contributed by atoms with Crippen LogP contribution in [0.3, 0.4) is 0 Å². The number of piperidine rings is 1. The summed E-state index contributed by atoms with van der Waals surface area (Å²) in [7, 11) is 3.20. The topological polar surface area (TPSA) is 115 Å². The Morgan fingerprint density at radius 1 is 1.15 bits per heavy atom. The molecule has 244 valence electrons. The summed E-state index contributed by atoms with van der Waals surface area (Å²) >= 11 is 6.90. The Hall–Kier alpha value is -3.90. The number of benzene rings is 3. The molecule has 4 rings (SSSR count). The lowest BCUT2D eigenvalue weighted by molar-refractivity contribution is -0.0563. The quantitative estimate of drug-likeness (QED) is 0.180. The summed E-state index contributed by atoms with van der Waals surface area (Å²) in [6.45, 7) is 4.03. The van der Waals surface area contributed by atoms with Gasteiger partial charge in [0.2, 0.25) is 0 Å². The Bertz CT molecular complexity index is 1550. The molecule has 1 fully saturated rings. The van der Waals surface area contributed by atoms with Crippen molar-refractivity contribution in [1.82, 2.24) is 15.5 Å². The van der Waals surface area contributed by atoms with Crippen molar-refractivity contribution in [2.45, 2.75) is 64.0 Å². The SMILES string of the molecule is CCc1cccc(-c2c(Cl)cccc2C(O)(CCCNC(=O)OC)[C@@H]2CCCN(C(=O)c3ccc(CNC)cc3CCC#N)C2)c1. The molecule has 1 heterocycles. The van der Waals surface area contributed by atoms with Gasteiger partial charge in [-0.2, -0.15) is 5.26 Å². The number of nitrogens with zero attached hydrogens (tertiary/aromatic N) is 2. The molecule has 1 aliphatic heterocycles. The summed E-state index contributed by atoms with van der Waals surface area (Å²) in [6, 6.07) is 21.9. The van der Waals surface area contributed by atoms with Gasteiger partial charge >= 0.3 is 6.09 Å². The molecule has 2 atom stereocenters. The first-order valence-corrected chi connectivity index (χ1v) is 16.5. The van der Waals surface area contributed by atoms with E-state index < -0.39 is 11.7 Å². The first kappa shape index (κ1) is 35.0. The maximum absolute atomic E-state index is 14.1. The third-order valence-corrected chi connectivity index (χ3v) is 9.28. The Morgan fingerprint density at radius 3 is 2.70 bits per heavy atom. The average molecular weight is 645 g/mol. The number of ether oxygens (including phenoxy) is 1. The number of rotatable bonds is 13. The van der Waals surface area contributed by atoms with Crippen molar-refractivity contribution in [3.63, 3.8) is 0 Å². The summed E-state index contributed by atoms with van der Waals surface area (Å²) in [5, 5.41) is 28.6. The molecule has 9 heteroatoms. The van der Waals surface area contributed by atoms with Crippen molar-refractivity contribution in [2.24, 2.45) is 5.92 Å². The van der Waals surface area contributed by atoms with Crippen LogP contribution in [0.25, 0.3) is 11.1 Å². The highest BCUT2D eigenvalue weighted by Crippen LogP contribution is 2.46. The van der Waals surface area contributed by atoms with Crippen molar-refractivity contribution in [2.75, 3.05) is 33.8 Å². The summed E-state index contributed by atoms with van der Waals surface area (Å²) in [5.41, 5.74) is 4.76. The standard InChI is InChI=1S/C37H45ClN4O4/c1-4-26-10-5-11-29(22-26)34-32(14-6-15-33(34)38)37(45,18-9-20-41-36(44)46-3)30-13-8-21-42(25-30)35(43)31-17-16-27(24-40-2)23-28(31)12-7-19-39/h5-6,10-11,14-17,22-23,30,40,45H,4,7-9,12-13,18,20-21,24-25H2,1-3H3,(H,41,44)/t30-,37?/m1/s1. The molecule has 0 bridgehead atoms. The zero-order valence-corrected chi connectivity index (χ0v) is 27.8. The highest BCUT2D eigenvalue weighted by molar-refractivity contribution is 6.33. The molecule has 1 saturated heterocycles. The molecule has 0 aromatic heterocycles. The number of carbonyl (C=O) groups is 2. The van der Waals surface area contributed by atoms with Crippen molar-refractivity contribution in [3.8, 4) is 17.2 Å². The minimum Gasteiger partial charge on any atom is -0.453 e. The lowest BCUT2D eigenvalue weighted by atomic mass is 9.72. The van der Waals surface area contributed by atoms with Gasteiger partial charge in [0.25, 0.3) is 5.91 Å². The molecule has 3 aromatic rings. The van der Waals surface area contributed by atoms with E-state index in [0.717, 1.165) is 46.2 Å². The summed E-state index contributed by atoms with van der Waals surface area (Å²) in [4.78, 5) is 27.7. The predicted molar refractivity (Wildman–Crippen MR) is 182 cm³/mol. The van der Waals surface area contributed by atoms with Crippen molar-refractivity contribution >= 4 is 23.6 Å². The molecule has 8 nitrogen and oxygen atoms in total.